The number of thioether (sulfide) groups is 1. The van der Waals surface area contributed by atoms with Gasteiger partial charge in [0.1, 0.15) is 17.6 Å². The summed E-state index contributed by atoms with van der Waals surface area (Å²) >= 11 is 1.33. The zero-order chi connectivity index (χ0) is 20.6. The van der Waals surface area contributed by atoms with Gasteiger partial charge < -0.3 is 9.47 Å². The second-order valence-corrected chi connectivity index (χ2v) is 7.15. The predicted molar refractivity (Wildman–Crippen MR) is 115 cm³/mol. The lowest BCUT2D eigenvalue weighted by atomic mass is 10.2. The summed E-state index contributed by atoms with van der Waals surface area (Å²) in [6.45, 7) is 2.56. The number of benzene rings is 2. The number of nitriles is 1. The van der Waals surface area contributed by atoms with Gasteiger partial charge in [0.05, 0.1) is 17.7 Å². The lowest BCUT2D eigenvalue weighted by molar-refractivity contribution is -0.122. The Bertz CT molecular complexity index is 978. The second kappa shape index (κ2) is 9.80. The molecule has 0 saturated carbocycles. The molecule has 0 unspecified atom stereocenters. The highest BCUT2D eigenvalue weighted by molar-refractivity contribution is 8.18. The normalized spacial score (nSPS) is 16.3. The van der Waals surface area contributed by atoms with Crippen molar-refractivity contribution >= 4 is 34.6 Å². The number of aliphatic imine (C=N–C) groups is 1. The van der Waals surface area contributed by atoms with Crippen LogP contribution in [0.2, 0.25) is 0 Å². The van der Waals surface area contributed by atoms with Crippen molar-refractivity contribution in [2.24, 2.45) is 4.99 Å². The van der Waals surface area contributed by atoms with Crippen LogP contribution < -0.4 is 9.47 Å². The Hall–Kier alpha value is -3.24. The number of para-hydroxylation sites is 1. The van der Waals surface area contributed by atoms with E-state index in [-0.39, 0.29) is 12.5 Å². The fourth-order valence-corrected chi connectivity index (χ4v) is 3.78. The van der Waals surface area contributed by atoms with Crippen LogP contribution in [0.15, 0.2) is 58.4 Å². The molecule has 1 fully saturated rings. The molecular formula is C22H21N3O3S. The van der Waals surface area contributed by atoms with Crippen LogP contribution >= 0.6 is 11.8 Å². The number of ether oxygens (including phenoxy) is 2. The van der Waals surface area contributed by atoms with Crippen LogP contribution in [0.4, 0.5) is 5.69 Å². The van der Waals surface area contributed by atoms with Crippen molar-refractivity contribution in [2.45, 2.75) is 13.3 Å². The molecule has 0 aliphatic carbocycles. The molecule has 3 rings (SSSR count). The minimum Gasteiger partial charge on any atom is -0.497 e. The van der Waals surface area contributed by atoms with Crippen LogP contribution in [0.1, 0.15) is 18.9 Å². The molecule has 2 aromatic rings. The standard InChI is InChI=1S/C22H21N3O3S/c1-3-13-25-21(26)20(15-16-6-4-5-7-19(16)28-14-12-23)29-22(25)24-17-8-10-18(27-2)11-9-17/h4-11,15H,3,13-14H2,1-2H3/b20-15-,24-22?. The average Bonchev–Trinajstić information content (AvgIpc) is 3.03. The van der Waals surface area contributed by atoms with E-state index in [9.17, 15) is 4.79 Å². The Morgan fingerprint density at radius 2 is 1.97 bits per heavy atom. The molecule has 29 heavy (non-hydrogen) atoms. The third-order valence-corrected chi connectivity index (χ3v) is 5.14. The van der Waals surface area contributed by atoms with Gasteiger partial charge in [0, 0.05) is 12.1 Å². The zero-order valence-electron chi connectivity index (χ0n) is 16.3. The Labute approximate surface area is 174 Å². The van der Waals surface area contributed by atoms with Crippen molar-refractivity contribution in [3.8, 4) is 17.6 Å². The molecule has 1 amide bonds. The molecule has 0 aromatic heterocycles. The maximum atomic E-state index is 13.0. The van der Waals surface area contributed by atoms with E-state index in [4.69, 9.17) is 14.7 Å². The Morgan fingerprint density at radius 3 is 2.66 bits per heavy atom. The van der Waals surface area contributed by atoms with E-state index in [1.165, 1.54) is 11.8 Å². The smallest absolute Gasteiger partial charge is 0.266 e. The van der Waals surface area contributed by atoms with Crippen LogP contribution in [0.5, 0.6) is 11.5 Å². The molecule has 1 aliphatic heterocycles. The molecule has 6 nitrogen and oxygen atoms in total. The SMILES string of the molecule is CCCN1C(=O)/C(=C/c2ccccc2OCC#N)SC1=Nc1ccc(OC)cc1. The first kappa shape index (κ1) is 20.5. The molecule has 0 radical (unpaired) electrons. The quantitative estimate of drug-likeness (QED) is 0.627. The third-order valence-electron chi connectivity index (χ3n) is 4.13. The van der Waals surface area contributed by atoms with E-state index in [0.29, 0.717) is 22.4 Å². The first-order chi connectivity index (χ1) is 14.2. The van der Waals surface area contributed by atoms with Gasteiger partial charge in [0.2, 0.25) is 0 Å². The fraction of sp³-hybridized carbons (Fsp3) is 0.227. The molecule has 148 valence electrons. The van der Waals surface area contributed by atoms with Crippen molar-refractivity contribution in [1.29, 1.82) is 5.26 Å². The molecule has 0 atom stereocenters. The first-order valence-corrected chi connectivity index (χ1v) is 10.0. The van der Waals surface area contributed by atoms with E-state index in [1.54, 1.807) is 24.2 Å². The number of hydrogen-bond acceptors (Lipinski definition) is 6. The number of hydrogen-bond donors (Lipinski definition) is 0. The van der Waals surface area contributed by atoms with Gasteiger partial charge in [-0.2, -0.15) is 5.26 Å². The van der Waals surface area contributed by atoms with E-state index < -0.39 is 0 Å². The monoisotopic (exact) mass is 407 g/mol. The summed E-state index contributed by atoms with van der Waals surface area (Å²) in [6, 6.07) is 16.7. The minimum atomic E-state index is -0.0841. The molecule has 1 saturated heterocycles. The van der Waals surface area contributed by atoms with Crippen molar-refractivity contribution < 1.29 is 14.3 Å². The van der Waals surface area contributed by atoms with Crippen LogP contribution in [-0.2, 0) is 4.79 Å². The fourth-order valence-electron chi connectivity index (χ4n) is 2.76. The predicted octanol–water partition coefficient (Wildman–Crippen LogP) is 4.61. The summed E-state index contributed by atoms with van der Waals surface area (Å²) in [6.07, 6.45) is 2.61. The lowest BCUT2D eigenvalue weighted by Gasteiger charge is -2.14. The van der Waals surface area contributed by atoms with Gasteiger partial charge in [0.25, 0.3) is 5.91 Å². The third kappa shape index (κ3) is 4.98. The Morgan fingerprint density at radius 1 is 1.21 bits per heavy atom. The number of methoxy groups -OCH3 is 1. The van der Waals surface area contributed by atoms with Crippen molar-refractivity contribution in [3.05, 3.63) is 59.0 Å². The van der Waals surface area contributed by atoms with Gasteiger partial charge in [-0.25, -0.2) is 4.99 Å². The highest BCUT2D eigenvalue weighted by Gasteiger charge is 2.33. The maximum absolute atomic E-state index is 13.0. The summed E-state index contributed by atoms with van der Waals surface area (Å²) in [5.74, 6) is 1.24. The molecule has 0 bridgehead atoms. The van der Waals surface area contributed by atoms with Gasteiger partial charge in [-0.15, -0.1) is 0 Å². The van der Waals surface area contributed by atoms with E-state index in [1.807, 2.05) is 55.5 Å². The minimum absolute atomic E-state index is 0.0482. The first-order valence-electron chi connectivity index (χ1n) is 9.19. The van der Waals surface area contributed by atoms with Gasteiger partial charge in [-0.1, -0.05) is 25.1 Å². The molecule has 1 heterocycles. The Balaban J connectivity index is 1.92. The molecule has 7 heteroatoms. The number of amidine groups is 1. The maximum Gasteiger partial charge on any atom is 0.266 e. The Kier molecular flexibility index (Phi) is 6.93. The molecular weight excluding hydrogens is 386 g/mol. The molecule has 0 spiro atoms. The molecule has 0 N–H and O–H groups in total. The topological polar surface area (TPSA) is 74.9 Å². The summed E-state index contributed by atoms with van der Waals surface area (Å²) in [5.41, 5.74) is 1.50. The van der Waals surface area contributed by atoms with Crippen LogP contribution in [0.25, 0.3) is 6.08 Å². The molecule has 1 aliphatic rings. The van der Waals surface area contributed by atoms with Crippen molar-refractivity contribution in [1.82, 2.24) is 4.90 Å². The number of rotatable bonds is 7. The van der Waals surface area contributed by atoms with Gasteiger partial charge in [-0.05, 0) is 54.6 Å². The molecule has 2 aromatic carbocycles. The second-order valence-electron chi connectivity index (χ2n) is 6.14. The summed E-state index contributed by atoms with van der Waals surface area (Å²) < 4.78 is 10.6. The van der Waals surface area contributed by atoms with Crippen LogP contribution in [0.3, 0.4) is 0 Å². The van der Waals surface area contributed by atoms with Crippen LogP contribution in [-0.4, -0.2) is 36.2 Å². The van der Waals surface area contributed by atoms with Gasteiger partial charge >= 0.3 is 0 Å². The van der Waals surface area contributed by atoms with E-state index >= 15 is 0 Å². The number of nitrogens with zero attached hydrogens (tertiary/aromatic N) is 3. The van der Waals surface area contributed by atoms with E-state index in [0.717, 1.165) is 23.4 Å². The summed E-state index contributed by atoms with van der Waals surface area (Å²) in [5, 5.41) is 9.41. The number of carbonyl (C=O) groups is 1. The average molecular weight is 407 g/mol. The number of carbonyl (C=O) groups excluding carboxylic acids is 1. The van der Waals surface area contributed by atoms with E-state index in [2.05, 4.69) is 4.99 Å². The summed E-state index contributed by atoms with van der Waals surface area (Å²) in [4.78, 5) is 19.9. The lowest BCUT2D eigenvalue weighted by Crippen LogP contribution is -2.29. The summed E-state index contributed by atoms with van der Waals surface area (Å²) in [7, 11) is 1.62. The van der Waals surface area contributed by atoms with Crippen molar-refractivity contribution in [2.75, 3.05) is 20.3 Å². The number of amides is 1. The zero-order valence-corrected chi connectivity index (χ0v) is 17.1. The highest BCUT2D eigenvalue weighted by atomic mass is 32.2. The van der Waals surface area contributed by atoms with Crippen molar-refractivity contribution in [3.63, 3.8) is 0 Å². The largest absolute Gasteiger partial charge is 0.497 e. The van der Waals surface area contributed by atoms with Gasteiger partial charge in [-0.3, -0.25) is 9.69 Å². The van der Waals surface area contributed by atoms with Gasteiger partial charge in [0.15, 0.2) is 11.8 Å². The highest BCUT2D eigenvalue weighted by Crippen LogP contribution is 2.35. The van der Waals surface area contributed by atoms with Crippen LogP contribution in [0, 0.1) is 11.3 Å².